The second-order valence-corrected chi connectivity index (χ2v) is 7.81. The second kappa shape index (κ2) is 7.67. The molecule has 1 aliphatic heterocycles. The average Bonchev–Trinajstić information content (AvgIpc) is 3.06. The molecule has 1 N–H and O–H groups in total. The quantitative estimate of drug-likeness (QED) is 0.853. The Morgan fingerprint density at radius 3 is 2.75 bits per heavy atom. The number of carbonyl (C=O) groups is 2. The van der Waals surface area contributed by atoms with E-state index in [9.17, 15) is 9.59 Å². The molecule has 0 spiro atoms. The molecule has 9 nitrogen and oxygen atoms in total. The zero-order valence-corrected chi connectivity index (χ0v) is 16.8. The van der Waals surface area contributed by atoms with Gasteiger partial charge in [-0.1, -0.05) is 20.8 Å². The van der Waals surface area contributed by atoms with Crippen molar-refractivity contribution in [3.63, 3.8) is 0 Å². The molecule has 2 aromatic rings. The summed E-state index contributed by atoms with van der Waals surface area (Å²) in [6.07, 6.45) is 4.19. The van der Waals surface area contributed by atoms with Gasteiger partial charge in [0, 0.05) is 37.0 Å². The summed E-state index contributed by atoms with van der Waals surface area (Å²) in [6, 6.07) is 1.08. The number of likely N-dealkylation sites (N-methyl/N-ethyl adjacent to an activating group) is 1. The van der Waals surface area contributed by atoms with Crippen molar-refractivity contribution in [3.05, 3.63) is 36.0 Å². The van der Waals surface area contributed by atoms with Crippen LogP contribution in [0.4, 0.5) is 5.82 Å². The fourth-order valence-electron chi connectivity index (χ4n) is 3.18. The number of nitrogens with zero attached hydrogens (tertiary/aromatic N) is 5. The van der Waals surface area contributed by atoms with Gasteiger partial charge in [-0.05, 0) is 13.0 Å². The molecule has 0 unspecified atom stereocenters. The lowest BCUT2D eigenvalue weighted by Crippen LogP contribution is -2.53. The SMILES string of the molecule is CCN1C(=O)CO[C@H](C(=O)Nc2ccnc(C(C)(C)C)n2)[C@H]1c1cnn(C)c1. The number of anilines is 1. The third kappa shape index (κ3) is 4.04. The van der Waals surface area contributed by atoms with Crippen molar-refractivity contribution < 1.29 is 14.3 Å². The first kappa shape index (κ1) is 19.9. The molecule has 1 aliphatic rings. The third-order valence-corrected chi connectivity index (χ3v) is 4.57. The van der Waals surface area contributed by atoms with Crippen molar-refractivity contribution in [1.82, 2.24) is 24.6 Å². The minimum absolute atomic E-state index is 0.139. The number of rotatable bonds is 4. The van der Waals surface area contributed by atoms with Gasteiger partial charge in [-0.25, -0.2) is 9.97 Å². The van der Waals surface area contributed by atoms with Gasteiger partial charge < -0.3 is 15.0 Å². The summed E-state index contributed by atoms with van der Waals surface area (Å²) in [5.41, 5.74) is 0.502. The van der Waals surface area contributed by atoms with Crippen LogP contribution in [-0.4, -0.2) is 55.7 Å². The van der Waals surface area contributed by atoms with Gasteiger partial charge in [0.2, 0.25) is 5.91 Å². The largest absolute Gasteiger partial charge is 0.356 e. The molecule has 0 aromatic carbocycles. The van der Waals surface area contributed by atoms with Crippen molar-refractivity contribution in [1.29, 1.82) is 0 Å². The van der Waals surface area contributed by atoms with Gasteiger partial charge in [0.05, 0.1) is 12.2 Å². The Morgan fingerprint density at radius 2 is 2.14 bits per heavy atom. The van der Waals surface area contributed by atoms with Crippen molar-refractivity contribution in [2.45, 2.75) is 45.3 Å². The van der Waals surface area contributed by atoms with Gasteiger partial charge in [-0.3, -0.25) is 14.3 Å². The highest BCUT2D eigenvalue weighted by Crippen LogP contribution is 2.30. The number of aromatic nitrogens is 4. The molecule has 1 fully saturated rings. The van der Waals surface area contributed by atoms with Crippen molar-refractivity contribution in [2.24, 2.45) is 7.05 Å². The molecule has 28 heavy (non-hydrogen) atoms. The minimum Gasteiger partial charge on any atom is -0.356 e. The number of hydrogen-bond donors (Lipinski definition) is 1. The van der Waals surface area contributed by atoms with E-state index in [-0.39, 0.29) is 23.8 Å². The van der Waals surface area contributed by atoms with E-state index in [2.05, 4.69) is 20.4 Å². The summed E-state index contributed by atoms with van der Waals surface area (Å²) < 4.78 is 7.28. The highest BCUT2D eigenvalue weighted by Gasteiger charge is 2.42. The lowest BCUT2D eigenvalue weighted by atomic mass is 9.96. The number of amides is 2. The predicted molar refractivity (Wildman–Crippen MR) is 102 cm³/mol. The van der Waals surface area contributed by atoms with Crippen molar-refractivity contribution in [3.8, 4) is 0 Å². The smallest absolute Gasteiger partial charge is 0.257 e. The van der Waals surface area contributed by atoms with Gasteiger partial charge in [0.15, 0.2) is 6.10 Å². The predicted octanol–water partition coefficient (Wildman–Crippen LogP) is 1.43. The first-order chi connectivity index (χ1) is 13.2. The van der Waals surface area contributed by atoms with E-state index >= 15 is 0 Å². The Balaban J connectivity index is 1.87. The molecule has 2 amide bonds. The molecule has 0 aliphatic carbocycles. The first-order valence-electron chi connectivity index (χ1n) is 9.24. The Kier molecular flexibility index (Phi) is 5.46. The minimum atomic E-state index is -0.866. The number of nitrogens with one attached hydrogen (secondary N) is 1. The van der Waals surface area contributed by atoms with Gasteiger partial charge >= 0.3 is 0 Å². The topological polar surface area (TPSA) is 102 Å². The molecule has 3 heterocycles. The van der Waals surface area contributed by atoms with Crippen LogP contribution in [0.5, 0.6) is 0 Å². The van der Waals surface area contributed by atoms with Crippen LogP contribution < -0.4 is 5.32 Å². The van der Waals surface area contributed by atoms with E-state index in [1.54, 1.807) is 41.3 Å². The zero-order chi connectivity index (χ0) is 20.5. The van der Waals surface area contributed by atoms with Crippen LogP contribution in [0.3, 0.4) is 0 Å². The Morgan fingerprint density at radius 1 is 1.39 bits per heavy atom. The summed E-state index contributed by atoms with van der Waals surface area (Å²) in [5, 5.41) is 6.98. The molecule has 0 radical (unpaired) electrons. The van der Waals surface area contributed by atoms with Crippen LogP contribution in [0.2, 0.25) is 0 Å². The lowest BCUT2D eigenvalue weighted by molar-refractivity contribution is -0.162. The van der Waals surface area contributed by atoms with Crippen LogP contribution in [0.25, 0.3) is 0 Å². The first-order valence-corrected chi connectivity index (χ1v) is 9.24. The van der Waals surface area contributed by atoms with E-state index in [4.69, 9.17) is 4.74 Å². The molecule has 9 heteroatoms. The Labute approximate surface area is 164 Å². The van der Waals surface area contributed by atoms with Crippen molar-refractivity contribution in [2.75, 3.05) is 18.5 Å². The number of hydrogen-bond acceptors (Lipinski definition) is 6. The molecule has 3 rings (SSSR count). The van der Waals surface area contributed by atoms with Gasteiger partial charge in [0.25, 0.3) is 5.91 Å². The average molecular weight is 386 g/mol. The van der Waals surface area contributed by atoms with Crippen LogP contribution in [-0.2, 0) is 26.8 Å². The second-order valence-electron chi connectivity index (χ2n) is 7.81. The van der Waals surface area contributed by atoms with E-state index < -0.39 is 12.1 Å². The summed E-state index contributed by atoms with van der Waals surface area (Å²) >= 11 is 0. The molecule has 2 aromatic heterocycles. The highest BCUT2D eigenvalue weighted by atomic mass is 16.5. The van der Waals surface area contributed by atoms with E-state index in [1.165, 1.54) is 0 Å². The number of morpholine rings is 1. The normalized spacial score (nSPS) is 20.3. The number of carbonyl (C=O) groups excluding carboxylic acids is 2. The molecule has 150 valence electrons. The number of aryl methyl sites for hydroxylation is 1. The maximum atomic E-state index is 13.0. The third-order valence-electron chi connectivity index (χ3n) is 4.57. The highest BCUT2D eigenvalue weighted by molar-refractivity contribution is 5.95. The van der Waals surface area contributed by atoms with E-state index in [1.807, 2.05) is 27.7 Å². The Hall–Kier alpha value is -2.81. The van der Waals surface area contributed by atoms with Crippen LogP contribution in [0, 0.1) is 0 Å². The van der Waals surface area contributed by atoms with E-state index in [0.717, 1.165) is 5.56 Å². The van der Waals surface area contributed by atoms with Crippen molar-refractivity contribution >= 4 is 17.6 Å². The monoisotopic (exact) mass is 386 g/mol. The summed E-state index contributed by atoms with van der Waals surface area (Å²) in [4.78, 5) is 35.7. The maximum absolute atomic E-state index is 13.0. The summed E-state index contributed by atoms with van der Waals surface area (Å²) in [5.74, 6) is 0.512. The fraction of sp³-hybridized carbons (Fsp3) is 0.526. The summed E-state index contributed by atoms with van der Waals surface area (Å²) in [7, 11) is 1.79. The molecular formula is C19H26N6O3. The van der Waals surface area contributed by atoms with Crippen LogP contribution in [0.15, 0.2) is 24.7 Å². The van der Waals surface area contributed by atoms with Gasteiger partial charge in [-0.2, -0.15) is 5.10 Å². The molecule has 1 saturated heterocycles. The summed E-state index contributed by atoms with van der Waals surface area (Å²) in [6.45, 7) is 8.21. The molecule has 2 atom stereocenters. The lowest BCUT2D eigenvalue weighted by Gasteiger charge is -2.39. The number of ether oxygens (including phenoxy) is 1. The van der Waals surface area contributed by atoms with E-state index in [0.29, 0.717) is 18.2 Å². The Bertz CT molecular complexity index is 873. The van der Waals surface area contributed by atoms with Crippen LogP contribution in [0.1, 0.15) is 45.1 Å². The molecular weight excluding hydrogens is 360 g/mol. The molecule has 0 saturated carbocycles. The van der Waals surface area contributed by atoms with Gasteiger partial charge in [0.1, 0.15) is 18.2 Å². The van der Waals surface area contributed by atoms with Crippen LogP contribution >= 0.6 is 0 Å². The van der Waals surface area contributed by atoms with Gasteiger partial charge in [-0.15, -0.1) is 0 Å². The zero-order valence-electron chi connectivity index (χ0n) is 16.8. The fourth-order valence-corrected chi connectivity index (χ4v) is 3.18. The molecule has 0 bridgehead atoms. The standard InChI is InChI=1S/C19H26N6O3/c1-6-25-14(26)11-28-16(15(25)12-9-21-24(5)10-12)17(27)22-13-7-8-20-18(23-13)19(2,3)4/h7-10,15-16H,6,11H2,1-5H3,(H,20,22,23,27)/t15-,16+/m1/s1. The maximum Gasteiger partial charge on any atom is 0.257 e.